The summed E-state index contributed by atoms with van der Waals surface area (Å²) in [6.45, 7) is 0. The number of nitrogens with two attached hydrogens (primary N) is 1. The maximum Gasteiger partial charge on any atom is 0.437 e. The molecule has 11 heteroatoms. The van der Waals surface area contributed by atoms with Crippen molar-refractivity contribution >= 4 is 52.1 Å². The summed E-state index contributed by atoms with van der Waals surface area (Å²) in [6.07, 6.45) is -3.71. The lowest BCUT2D eigenvalue weighted by Crippen LogP contribution is -2.14. The Labute approximate surface area is 183 Å². The van der Waals surface area contributed by atoms with Gasteiger partial charge in [0.05, 0.1) is 20.6 Å². The third kappa shape index (κ3) is 4.89. The zero-order valence-corrected chi connectivity index (χ0v) is 17.0. The highest BCUT2D eigenvalue weighted by Crippen LogP contribution is 2.37. The summed E-state index contributed by atoms with van der Waals surface area (Å²) in [7, 11) is 0. The number of rotatable bonds is 4. The highest BCUT2D eigenvalue weighted by Gasteiger charge is 2.36. The minimum atomic E-state index is -4.71. The van der Waals surface area contributed by atoms with E-state index in [1.54, 1.807) is 0 Å². The number of pyridine rings is 1. The van der Waals surface area contributed by atoms with Crippen LogP contribution in [0, 0.1) is 0 Å². The fraction of sp³-hybridized carbons (Fsp3) is 0.0526. The van der Waals surface area contributed by atoms with Gasteiger partial charge in [0.1, 0.15) is 5.75 Å². The molecule has 2 aromatic carbocycles. The van der Waals surface area contributed by atoms with Crippen molar-refractivity contribution < 1.29 is 22.7 Å². The predicted octanol–water partition coefficient (Wildman–Crippen LogP) is 6.69. The Morgan fingerprint density at radius 2 is 1.73 bits per heavy atom. The van der Waals surface area contributed by atoms with Crippen LogP contribution < -0.4 is 15.8 Å². The van der Waals surface area contributed by atoms with Crippen molar-refractivity contribution in [1.29, 1.82) is 0 Å². The summed E-state index contributed by atoms with van der Waals surface area (Å²) < 4.78 is 44.6. The van der Waals surface area contributed by atoms with Crippen LogP contribution in [-0.4, -0.2) is 10.9 Å². The zero-order valence-electron chi connectivity index (χ0n) is 14.7. The van der Waals surface area contributed by atoms with Gasteiger partial charge in [-0.3, -0.25) is 4.79 Å². The Hall–Kier alpha value is -2.68. The van der Waals surface area contributed by atoms with Gasteiger partial charge >= 0.3 is 6.18 Å². The number of nitrogens with one attached hydrogen (secondary N) is 1. The lowest BCUT2D eigenvalue weighted by molar-refractivity contribution is -0.142. The SMILES string of the molecule is Nc1ccc(Oc2cccnc2C(F)(F)F)cc1C(=O)Nc1cc(Cl)c(Cl)c(Cl)c1. The first-order valence-corrected chi connectivity index (χ1v) is 9.25. The fourth-order valence-corrected chi connectivity index (χ4v) is 3.03. The number of alkyl halides is 3. The Bertz CT molecular complexity index is 1100. The quantitative estimate of drug-likeness (QED) is 0.325. The third-order valence-corrected chi connectivity index (χ3v) is 4.97. The van der Waals surface area contributed by atoms with E-state index >= 15 is 0 Å². The van der Waals surface area contributed by atoms with E-state index in [1.807, 2.05) is 0 Å². The molecule has 156 valence electrons. The van der Waals surface area contributed by atoms with Crippen molar-refractivity contribution in [1.82, 2.24) is 4.98 Å². The number of anilines is 2. The molecular weight excluding hydrogens is 466 g/mol. The Morgan fingerprint density at radius 1 is 1.07 bits per heavy atom. The van der Waals surface area contributed by atoms with E-state index in [-0.39, 0.29) is 37.8 Å². The second kappa shape index (κ2) is 8.59. The monoisotopic (exact) mass is 475 g/mol. The van der Waals surface area contributed by atoms with Gasteiger partial charge in [-0.1, -0.05) is 34.8 Å². The molecule has 0 radical (unpaired) electrons. The molecule has 1 aromatic heterocycles. The molecule has 3 aromatic rings. The fourth-order valence-electron chi connectivity index (χ4n) is 2.43. The van der Waals surface area contributed by atoms with Crippen LogP contribution in [0.25, 0.3) is 0 Å². The number of benzene rings is 2. The molecule has 0 aliphatic carbocycles. The van der Waals surface area contributed by atoms with Gasteiger partial charge in [-0.15, -0.1) is 0 Å². The van der Waals surface area contributed by atoms with Crippen molar-refractivity contribution in [3.05, 3.63) is 75.0 Å². The summed E-state index contributed by atoms with van der Waals surface area (Å²) in [5.41, 5.74) is 4.93. The summed E-state index contributed by atoms with van der Waals surface area (Å²) in [4.78, 5) is 15.9. The number of amides is 1. The number of nitrogens with zero attached hydrogens (tertiary/aromatic N) is 1. The molecule has 3 N–H and O–H groups in total. The van der Waals surface area contributed by atoms with Crippen LogP contribution in [0.15, 0.2) is 48.7 Å². The van der Waals surface area contributed by atoms with Crippen LogP contribution in [0.3, 0.4) is 0 Å². The molecule has 0 aliphatic rings. The van der Waals surface area contributed by atoms with Crippen molar-refractivity contribution in [3.63, 3.8) is 0 Å². The molecule has 0 bridgehead atoms. The van der Waals surface area contributed by atoms with Gasteiger partial charge in [0, 0.05) is 17.6 Å². The lowest BCUT2D eigenvalue weighted by Gasteiger charge is -2.14. The summed E-state index contributed by atoms with van der Waals surface area (Å²) in [6, 6.07) is 9.04. The van der Waals surface area contributed by atoms with Gasteiger partial charge in [-0.25, -0.2) is 4.98 Å². The second-order valence-electron chi connectivity index (χ2n) is 5.91. The Morgan fingerprint density at radius 3 is 2.37 bits per heavy atom. The van der Waals surface area contributed by atoms with Crippen LogP contribution >= 0.6 is 34.8 Å². The average molecular weight is 477 g/mol. The Balaban J connectivity index is 1.88. The van der Waals surface area contributed by atoms with Gasteiger partial charge in [0.15, 0.2) is 11.4 Å². The third-order valence-electron chi connectivity index (χ3n) is 3.78. The van der Waals surface area contributed by atoms with Gasteiger partial charge in [-0.2, -0.15) is 13.2 Å². The molecule has 0 saturated heterocycles. The van der Waals surface area contributed by atoms with Crippen LogP contribution in [0.1, 0.15) is 16.1 Å². The maximum atomic E-state index is 13.1. The van der Waals surface area contributed by atoms with E-state index in [4.69, 9.17) is 45.3 Å². The summed E-state index contributed by atoms with van der Waals surface area (Å²) >= 11 is 17.7. The summed E-state index contributed by atoms with van der Waals surface area (Å²) in [5.74, 6) is -1.22. The largest absolute Gasteiger partial charge is 0.455 e. The molecule has 0 spiro atoms. The molecule has 1 amide bonds. The molecule has 5 nitrogen and oxygen atoms in total. The smallest absolute Gasteiger partial charge is 0.437 e. The number of nitrogen functional groups attached to an aromatic ring is 1. The molecule has 3 rings (SSSR count). The predicted molar refractivity (Wildman–Crippen MR) is 110 cm³/mol. The highest BCUT2D eigenvalue weighted by atomic mass is 35.5. The number of carbonyl (C=O) groups excluding carboxylic acids is 1. The van der Waals surface area contributed by atoms with Crippen molar-refractivity contribution in [2.45, 2.75) is 6.18 Å². The number of aromatic nitrogens is 1. The zero-order chi connectivity index (χ0) is 22.1. The van der Waals surface area contributed by atoms with E-state index in [9.17, 15) is 18.0 Å². The van der Waals surface area contributed by atoms with E-state index < -0.39 is 23.5 Å². The number of hydrogen-bond acceptors (Lipinski definition) is 4. The van der Waals surface area contributed by atoms with Crippen molar-refractivity contribution in [3.8, 4) is 11.5 Å². The van der Waals surface area contributed by atoms with Gasteiger partial charge in [0.2, 0.25) is 0 Å². The normalized spacial score (nSPS) is 11.3. The number of halogens is 6. The molecule has 0 atom stereocenters. The first kappa shape index (κ1) is 22.0. The van der Waals surface area contributed by atoms with Crippen LogP contribution in [0.4, 0.5) is 24.5 Å². The molecule has 0 unspecified atom stereocenters. The number of carbonyl (C=O) groups is 1. The van der Waals surface area contributed by atoms with E-state index in [2.05, 4.69) is 10.3 Å². The number of ether oxygens (including phenoxy) is 1. The Kier molecular flexibility index (Phi) is 6.30. The minimum absolute atomic E-state index is 0.0351. The molecule has 30 heavy (non-hydrogen) atoms. The van der Waals surface area contributed by atoms with Crippen LogP contribution in [0.5, 0.6) is 11.5 Å². The van der Waals surface area contributed by atoms with Gasteiger partial charge < -0.3 is 15.8 Å². The first-order valence-electron chi connectivity index (χ1n) is 8.11. The van der Waals surface area contributed by atoms with Crippen LogP contribution in [-0.2, 0) is 6.18 Å². The van der Waals surface area contributed by atoms with Crippen molar-refractivity contribution in [2.24, 2.45) is 0 Å². The molecular formula is C19H11Cl3F3N3O2. The van der Waals surface area contributed by atoms with E-state index in [0.717, 1.165) is 12.3 Å². The standard InChI is InChI=1S/C19H11Cl3F3N3O2/c20-12-6-9(7-13(21)16(12)22)28-18(29)11-8-10(3-4-14(11)26)30-15-2-1-5-27-17(15)19(23,24)25/h1-8H,26H2,(H,28,29). The van der Waals surface area contributed by atoms with Gasteiger partial charge in [0.25, 0.3) is 5.91 Å². The van der Waals surface area contributed by atoms with Gasteiger partial charge in [-0.05, 0) is 42.5 Å². The molecule has 0 fully saturated rings. The molecule has 0 aliphatic heterocycles. The lowest BCUT2D eigenvalue weighted by atomic mass is 10.1. The first-order chi connectivity index (χ1) is 14.1. The van der Waals surface area contributed by atoms with Crippen LogP contribution in [0.2, 0.25) is 15.1 Å². The highest BCUT2D eigenvalue weighted by molar-refractivity contribution is 6.48. The average Bonchev–Trinajstić information content (AvgIpc) is 2.67. The molecule has 0 saturated carbocycles. The number of hydrogen-bond donors (Lipinski definition) is 2. The molecule has 1 heterocycles. The van der Waals surface area contributed by atoms with Crippen molar-refractivity contribution in [2.75, 3.05) is 11.1 Å². The topological polar surface area (TPSA) is 77.2 Å². The van der Waals surface area contributed by atoms with E-state index in [1.165, 1.54) is 36.4 Å². The minimum Gasteiger partial charge on any atom is -0.455 e. The maximum absolute atomic E-state index is 13.1. The summed E-state index contributed by atoms with van der Waals surface area (Å²) in [5, 5.41) is 2.92. The second-order valence-corrected chi connectivity index (χ2v) is 7.10. The van der Waals surface area contributed by atoms with E-state index in [0.29, 0.717) is 0 Å².